The van der Waals surface area contributed by atoms with Crippen molar-refractivity contribution in [2.24, 2.45) is 0 Å². The molecule has 0 unspecified atom stereocenters. The molecule has 28 heavy (non-hydrogen) atoms. The molecule has 6 heteroatoms. The predicted molar refractivity (Wildman–Crippen MR) is 114 cm³/mol. The van der Waals surface area contributed by atoms with Gasteiger partial charge in [0, 0.05) is 6.07 Å². The number of carbonyl (C=O) groups excluding carboxylic acids is 1. The average Bonchev–Trinajstić information content (AvgIpc) is 3.14. The molecule has 0 aliphatic carbocycles. The Hall–Kier alpha value is -2.99. The van der Waals surface area contributed by atoms with Gasteiger partial charge < -0.3 is 15.0 Å². The maximum atomic E-state index is 12.4. The van der Waals surface area contributed by atoms with E-state index >= 15 is 0 Å². The van der Waals surface area contributed by atoms with Crippen LogP contribution in [0, 0.1) is 0 Å². The highest BCUT2D eigenvalue weighted by Crippen LogP contribution is 2.24. The van der Waals surface area contributed by atoms with Crippen molar-refractivity contribution in [3.8, 4) is 5.75 Å². The third-order valence-electron chi connectivity index (χ3n) is 4.66. The largest absolute Gasteiger partial charge is 0.497 e. The van der Waals surface area contributed by atoms with E-state index in [9.17, 15) is 4.79 Å². The standard InChI is InChI=1S/C22H21N3O2S/c1-14(16-8-7-15-5-3-4-6-17(15)11-16)23-21(26)13-28-22-24-19-10-9-18(27-2)12-20(19)25-22/h3-12,14H,13H2,1-2H3,(H,23,26)(H,24,25)/t14-/m1/s1. The number of fused-ring (bicyclic) bond motifs is 2. The molecule has 0 saturated heterocycles. The second-order valence-corrected chi connectivity index (χ2v) is 7.57. The number of imidazole rings is 1. The topological polar surface area (TPSA) is 67.0 Å². The number of carbonyl (C=O) groups is 1. The number of thioether (sulfide) groups is 1. The summed E-state index contributed by atoms with van der Waals surface area (Å²) in [7, 11) is 1.63. The minimum absolute atomic E-state index is 0.0244. The number of aromatic nitrogens is 2. The molecule has 0 aliphatic rings. The number of methoxy groups -OCH3 is 1. The molecule has 0 spiro atoms. The van der Waals surface area contributed by atoms with Crippen molar-refractivity contribution in [2.45, 2.75) is 18.1 Å². The van der Waals surface area contributed by atoms with Crippen molar-refractivity contribution in [3.63, 3.8) is 0 Å². The van der Waals surface area contributed by atoms with Crippen LogP contribution < -0.4 is 10.1 Å². The number of rotatable bonds is 6. The van der Waals surface area contributed by atoms with E-state index in [-0.39, 0.29) is 11.9 Å². The number of H-pyrrole nitrogens is 1. The summed E-state index contributed by atoms with van der Waals surface area (Å²) in [4.78, 5) is 20.1. The Kier molecular flexibility index (Phi) is 5.21. The molecule has 0 radical (unpaired) electrons. The van der Waals surface area contributed by atoms with Gasteiger partial charge in [-0.05, 0) is 41.5 Å². The van der Waals surface area contributed by atoms with Gasteiger partial charge in [-0.3, -0.25) is 4.79 Å². The molecule has 0 fully saturated rings. The molecule has 0 bridgehead atoms. The molecular formula is C22H21N3O2S. The molecule has 4 aromatic rings. The van der Waals surface area contributed by atoms with Crippen molar-refractivity contribution in [1.82, 2.24) is 15.3 Å². The quantitative estimate of drug-likeness (QED) is 0.468. The normalized spacial score (nSPS) is 12.2. The molecule has 2 N–H and O–H groups in total. The number of aromatic amines is 1. The zero-order valence-electron chi connectivity index (χ0n) is 15.7. The van der Waals surface area contributed by atoms with E-state index in [4.69, 9.17) is 4.74 Å². The number of benzene rings is 3. The second kappa shape index (κ2) is 7.94. The maximum absolute atomic E-state index is 12.4. The maximum Gasteiger partial charge on any atom is 0.230 e. The van der Waals surface area contributed by atoms with Crippen LogP contribution >= 0.6 is 11.8 Å². The van der Waals surface area contributed by atoms with Crippen LogP contribution in [0.2, 0.25) is 0 Å². The Labute approximate surface area is 167 Å². The van der Waals surface area contributed by atoms with Gasteiger partial charge in [-0.15, -0.1) is 0 Å². The zero-order valence-corrected chi connectivity index (χ0v) is 16.5. The Bertz CT molecular complexity index is 1140. The lowest BCUT2D eigenvalue weighted by Gasteiger charge is -2.14. The highest BCUT2D eigenvalue weighted by molar-refractivity contribution is 7.99. The lowest BCUT2D eigenvalue weighted by Crippen LogP contribution is -2.28. The molecule has 4 rings (SSSR count). The van der Waals surface area contributed by atoms with Crippen LogP contribution in [-0.4, -0.2) is 28.7 Å². The molecule has 3 aromatic carbocycles. The molecule has 1 heterocycles. The first-order valence-corrected chi connectivity index (χ1v) is 10.1. The first-order valence-electron chi connectivity index (χ1n) is 9.07. The minimum Gasteiger partial charge on any atom is -0.497 e. The van der Waals surface area contributed by atoms with Gasteiger partial charge in [0.05, 0.1) is 29.9 Å². The van der Waals surface area contributed by atoms with Crippen molar-refractivity contribution in [1.29, 1.82) is 0 Å². The van der Waals surface area contributed by atoms with Crippen molar-refractivity contribution in [2.75, 3.05) is 12.9 Å². The van der Waals surface area contributed by atoms with E-state index in [1.807, 2.05) is 37.3 Å². The number of amides is 1. The van der Waals surface area contributed by atoms with Gasteiger partial charge in [0.2, 0.25) is 5.91 Å². The van der Waals surface area contributed by atoms with Gasteiger partial charge in [-0.1, -0.05) is 48.2 Å². The summed E-state index contributed by atoms with van der Waals surface area (Å²) < 4.78 is 5.22. The Morgan fingerprint density at radius 2 is 1.96 bits per heavy atom. The first kappa shape index (κ1) is 18.4. The van der Waals surface area contributed by atoms with Crippen molar-refractivity contribution < 1.29 is 9.53 Å². The molecule has 1 atom stereocenters. The number of hydrogen-bond acceptors (Lipinski definition) is 4. The van der Waals surface area contributed by atoms with Gasteiger partial charge in [0.15, 0.2) is 5.16 Å². The summed E-state index contributed by atoms with van der Waals surface area (Å²) in [6, 6.07) is 20.1. The predicted octanol–water partition coefficient (Wildman–Crippen LogP) is 4.69. The summed E-state index contributed by atoms with van der Waals surface area (Å²) in [5, 5.41) is 6.15. The van der Waals surface area contributed by atoms with Gasteiger partial charge in [-0.2, -0.15) is 0 Å². The molecule has 1 amide bonds. The SMILES string of the molecule is COc1ccc2nc(SCC(=O)N[C@H](C)c3ccc4ccccc4c3)[nH]c2c1. The molecule has 142 valence electrons. The van der Waals surface area contributed by atoms with Crippen LogP contribution in [0.3, 0.4) is 0 Å². The fourth-order valence-corrected chi connectivity index (χ4v) is 3.83. The highest BCUT2D eigenvalue weighted by Gasteiger charge is 2.12. The Balaban J connectivity index is 1.38. The molecule has 0 aliphatic heterocycles. The fraction of sp³-hybridized carbons (Fsp3) is 0.182. The third-order valence-corrected chi connectivity index (χ3v) is 5.53. The van der Waals surface area contributed by atoms with E-state index in [0.717, 1.165) is 27.5 Å². The van der Waals surface area contributed by atoms with Gasteiger partial charge in [-0.25, -0.2) is 4.98 Å². The summed E-state index contributed by atoms with van der Waals surface area (Å²) in [5.41, 5.74) is 2.84. The Morgan fingerprint density at radius 3 is 2.79 bits per heavy atom. The van der Waals surface area contributed by atoms with Gasteiger partial charge in [0.25, 0.3) is 0 Å². The number of hydrogen-bond donors (Lipinski definition) is 2. The smallest absolute Gasteiger partial charge is 0.230 e. The van der Waals surface area contributed by atoms with E-state index < -0.39 is 0 Å². The van der Waals surface area contributed by atoms with Crippen LogP contribution in [-0.2, 0) is 4.79 Å². The molecular weight excluding hydrogens is 370 g/mol. The molecule has 5 nitrogen and oxygen atoms in total. The van der Waals surface area contributed by atoms with Crippen LogP contribution in [0.15, 0.2) is 65.8 Å². The molecule has 0 saturated carbocycles. The lowest BCUT2D eigenvalue weighted by atomic mass is 10.0. The number of nitrogens with zero attached hydrogens (tertiary/aromatic N) is 1. The highest BCUT2D eigenvalue weighted by atomic mass is 32.2. The zero-order chi connectivity index (χ0) is 19.5. The molecule has 1 aromatic heterocycles. The van der Waals surface area contributed by atoms with Crippen molar-refractivity contribution in [3.05, 3.63) is 66.2 Å². The third kappa shape index (κ3) is 3.97. The lowest BCUT2D eigenvalue weighted by molar-refractivity contribution is -0.119. The fourth-order valence-electron chi connectivity index (χ4n) is 3.14. The van der Waals surface area contributed by atoms with Crippen LogP contribution in [0.1, 0.15) is 18.5 Å². The second-order valence-electron chi connectivity index (χ2n) is 6.61. The minimum atomic E-state index is -0.0577. The van der Waals surface area contributed by atoms with E-state index in [1.165, 1.54) is 22.5 Å². The number of ether oxygens (including phenoxy) is 1. The van der Waals surface area contributed by atoms with Gasteiger partial charge >= 0.3 is 0 Å². The van der Waals surface area contributed by atoms with Gasteiger partial charge in [0.1, 0.15) is 5.75 Å². The van der Waals surface area contributed by atoms with E-state index in [0.29, 0.717) is 5.75 Å². The Morgan fingerprint density at radius 1 is 1.14 bits per heavy atom. The van der Waals surface area contributed by atoms with Crippen LogP contribution in [0.4, 0.5) is 0 Å². The summed E-state index contributed by atoms with van der Waals surface area (Å²) >= 11 is 1.39. The first-order chi connectivity index (χ1) is 13.6. The summed E-state index contributed by atoms with van der Waals surface area (Å²) in [6.07, 6.45) is 0. The van der Waals surface area contributed by atoms with Crippen LogP contribution in [0.5, 0.6) is 5.75 Å². The summed E-state index contributed by atoms with van der Waals surface area (Å²) in [6.45, 7) is 2.00. The van der Waals surface area contributed by atoms with E-state index in [2.05, 4.69) is 45.6 Å². The summed E-state index contributed by atoms with van der Waals surface area (Å²) in [5.74, 6) is 1.05. The average molecular weight is 391 g/mol. The van der Waals surface area contributed by atoms with E-state index in [1.54, 1.807) is 7.11 Å². The van der Waals surface area contributed by atoms with Crippen LogP contribution in [0.25, 0.3) is 21.8 Å². The van der Waals surface area contributed by atoms with Crippen molar-refractivity contribution >= 4 is 39.5 Å². The monoisotopic (exact) mass is 391 g/mol. The number of nitrogens with one attached hydrogen (secondary N) is 2.